The Labute approximate surface area is 208 Å². The number of guanidine groups is 1. The van der Waals surface area contributed by atoms with Crippen molar-refractivity contribution < 1.29 is 28.6 Å². The molecule has 192 valence electrons. The van der Waals surface area contributed by atoms with Crippen LogP contribution in [0.4, 0.5) is 5.69 Å². The molecular weight excluding hydrogens is 468 g/mol. The standard InChI is InChI=1S/C24H30N6O6/c25-23(26)29-35-11-10-27-22(32)20-14-24(33-12-13-34-24)16-30(20)21(31)15-28-17-6-8-19(9-7-17)36-18-4-2-1-3-5-18/h1-9,20,28H,10-16H2,(H,27,32)(H4,25,26,29)/t20-/m0/s1. The topological polar surface area (TPSA) is 160 Å². The number of amides is 2. The van der Waals surface area contributed by atoms with Gasteiger partial charge in [-0.2, -0.15) is 0 Å². The third kappa shape index (κ3) is 6.62. The highest BCUT2D eigenvalue weighted by atomic mass is 16.7. The molecule has 0 aliphatic carbocycles. The average Bonchev–Trinajstić information content (AvgIpc) is 3.50. The van der Waals surface area contributed by atoms with Crippen molar-refractivity contribution in [1.29, 1.82) is 5.41 Å². The van der Waals surface area contributed by atoms with Crippen LogP contribution in [-0.2, 0) is 23.9 Å². The number of ether oxygens (including phenoxy) is 3. The van der Waals surface area contributed by atoms with E-state index in [2.05, 4.69) is 16.1 Å². The number of rotatable bonds is 10. The molecule has 2 amide bonds. The first-order valence-corrected chi connectivity index (χ1v) is 11.6. The SMILES string of the molecule is N=C(N)NOCCNC(=O)[C@@H]1CC2(CN1C(=O)CNc1ccc(Oc3ccccc3)cc1)OCCO2. The van der Waals surface area contributed by atoms with Crippen molar-refractivity contribution in [2.75, 3.05) is 44.8 Å². The van der Waals surface area contributed by atoms with E-state index >= 15 is 0 Å². The van der Waals surface area contributed by atoms with E-state index in [1.807, 2.05) is 54.6 Å². The maximum absolute atomic E-state index is 13.1. The lowest BCUT2D eigenvalue weighted by atomic mass is 10.1. The Morgan fingerprint density at radius 2 is 1.78 bits per heavy atom. The number of carbonyl (C=O) groups excluding carboxylic acids is 2. The second-order valence-electron chi connectivity index (χ2n) is 8.30. The Hall–Kier alpha value is -3.87. The van der Waals surface area contributed by atoms with Gasteiger partial charge >= 0.3 is 0 Å². The van der Waals surface area contributed by atoms with Crippen molar-refractivity contribution in [3.05, 3.63) is 54.6 Å². The van der Waals surface area contributed by atoms with Crippen LogP contribution in [0.1, 0.15) is 6.42 Å². The predicted octanol–water partition coefficient (Wildman–Crippen LogP) is 0.766. The summed E-state index contributed by atoms with van der Waals surface area (Å²) in [6, 6.07) is 16.0. The lowest BCUT2D eigenvalue weighted by molar-refractivity contribution is -0.151. The molecule has 0 saturated carbocycles. The zero-order valence-electron chi connectivity index (χ0n) is 19.7. The monoisotopic (exact) mass is 498 g/mol. The normalized spacial score (nSPS) is 18.1. The van der Waals surface area contributed by atoms with Crippen LogP contribution in [0.3, 0.4) is 0 Å². The van der Waals surface area contributed by atoms with Crippen molar-refractivity contribution in [3.8, 4) is 11.5 Å². The molecular formula is C24H30N6O6. The summed E-state index contributed by atoms with van der Waals surface area (Å²) < 4.78 is 17.3. The summed E-state index contributed by atoms with van der Waals surface area (Å²) in [6.07, 6.45) is 0.239. The van der Waals surface area contributed by atoms with Gasteiger partial charge < -0.3 is 35.5 Å². The van der Waals surface area contributed by atoms with E-state index < -0.39 is 11.8 Å². The van der Waals surface area contributed by atoms with Gasteiger partial charge in [0.05, 0.1) is 32.9 Å². The van der Waals surface area contributed by atoms with Crippen LogP contribution in [0.5, 0.6) is 11.5 Å². The highest BCUT2D eigenvalue weighted by molar-refractivity contribution is 5.90. The van der Waals surface area contributed by atoms with Gasteiger partial charge in [-0.1, -0.05) is 18.2 Å². The molecule has 12 nitrogen and oxygen atoms in total. The van der Waals surface area contributed by atoms with E-state index in [-0.39, 0.29) is 50.4 Å². The number of nitrogens with zero attached hydrogens (tertiary/aromatic N) is 1. The first kappa shape index (κ1) is 25.2. The van der Waals surface area contributed by atoms with Gasteiger partial charge in [0.2, 0.25) is 17.8 Å². The van der Waals surface area contributed by atoms with E-state index in [1.54, 1.807) is 0 Å². The molecule has 2 aromatic carbocycles. The molecule has 2 aliphatic rings. The number of hydrogen-bond donors (Lipinski definition) is 5. The average molecular weight is 499 g/mol. The molecule has 36 heavy (non-hydrogen) atoms. The molecule has 4 rings (SSSR count). The van der Waals surface area contributed by atoms with Crippen LogP contribution < -0.4 is 26.6 Å². The second kappa shape index (κ2) is 11.7. The van der Waals surface area contributed by atoms with Gasteiger partial charge in [-0.05, 0) is 36.4 Å². The van der Waals surface area contributed by atoms with Crippen molar-refractivity contribution in [2.24, 2.45) is 5.73 Å². The number of anilines is 1. The lowest BCUT2D eigenvalue weighted by Crippen LogP contribution is -2.48. The number of hydrogen-bond acceptors (Lipinski definition) is 8. The minimum Gasteiger partial charge on any atom is -0.457 e. The number of carbonyl (C=O) groups is 2. The van der Waals surface area contributed by atoms with Gasteiger partial charge in [0.15, 0.2) is 5.79 Å². The number of nitrogens with one attached hydrogen (secondary N) is 4. The van der Waals surface area contributed by atoms with E-state index in [1.165, 1.54) is 4.90 Å². The van der Waals surface area contributed by atoms with Gasteiger partial charge in [0.1, 0.15) is 17.5 Å². The van der Waals surface area contributed by atoms with E-state index in [0.29, 0.717) is 19.0 Å². The van der Waals surface area contributed by atoms with Gasteiger partial charge in [0, 0.05) is 18.7 Å². The molecule has 2 aliphatic heterocycles. The smallest absolute Gasteiger partial charge is 0.243 e. The highest BCUT2D eigenvalue weighted by Gasteiger charge is 2.52. The summed E-state index contributed by atoms with van der Waals surface area (Å²) in [6.45, 7) is 1.24. The van der Waals surface area contributed by atoms with E-state index in [4.69, 9.17) is 30.2 Å². The number of nitrogens with two attached hydrogens (primary N) is 1. The van der Waals surface area contributed by atoms with Crippen LogP contribution in [-0.4, -0.2) is 74.0 Å². The molecule has 0 unspecified atom stereocenters. The Balaban J connectivity index is 1.31. The third-order valence-corrected chi connectivity index (χ3v) is 5.69. The Kier molecular flexibility index (Phi) is 8.21. The molecule has 2 aromatic rings. The fourth-order valence-corrected chi connectivity index (χ4v) is 4.06. The van der Waals surface area contributed by atoms with Gasteiger partial charge in [-0.15, -0.1) is 0 Å². The fourth-order valence-electron chi connectivity index (χ4n) is 4.06. The van der Waals surface area contributed by atoms with Crippen LogP contribution in [0, 0.1) is 5.41 Å². The maximum atomic E-state index is 13.1. The third-order valence-electron chi connectivity index (χ3n) is 5.69. The minimum absolute atomic E-state index is 0.00953. The van der Waals surface area contributed by atoms with Crippen LogP contribution in [0.25, 0.3) is 0 Å². The quantitative estimate of drug-likeness (QED) is 0.138. The first-order chi connectivity index (χ1) is 17.4. The fraction of sp³-hybridized carbons (Fsp3) is 0.375. The number of hydroxylamine groups is 1. The molecule has 2 fully saturated rings. The van der Waals surface area contributed by atoms with E-state index in [0.717, 1.165) is 11.4 Å². The zero-order chi connectivity index (χ0) is 25.4. The Morgan fingerprint density at radius 1 is 1.08 bits per heavy atom. The number of para-hydroxylation sites is 1. The molecule has 1 atom stereocenters. The lowest BCUT2D eigenvalue weighted by Gasteiger charge is -2.24. The van der Waals surface area contributed by atoms with E-state index in [9.17, 15) is 9.59 Å². The summed E-state index contributed by atoms with van der Waals surface area (Å²) in [4.78, 5) is 32.4. The van der Waals surface area contributed by atoms with Gasteiger partial charge in [-0.25, -0.2) is 5.48 Å². The molecule has 1 spiro atoms. The van der Waals surface area contributed by atoms with Crippen molar-refractivity contribution in [1.82, 2.24) is 15.7 Å². The van der Waals surface area contributed by atoms with Crippen molar-refractivity contribution in [3.63, 3.8) is 0 Å². The van der Waals surface area contributed by atoms with Crippen molar-refractivity contribution in [2.45, 2.75) is 18.2 Å². The zero-order valence-corrected chi connectivity index (χ0v) is 19.7. The van der Waals surface area contributed by atoms with Gasteiger partial charge in [-0.3, -0.25) is 19.8 Å². The first-order valence-electron chi connectivity index (χ1n) is 11.6. The highest BCUT2D eigenvalue weighted by Crippen LogP contribution is 2.35. The number of benzene rings is 2. The molecule has 2 saturated heterocycles. The largest absolute Gasteiger partial charge is 0.457 e. The maximum Gasteiger partial charge on any atom is 0.243 e. The van der Waals surface area contributed by atoms with Crippen molar-refractivity contribution >= 4 is 23.5 Å². The van der Waals surface area contributed by atoms with Gasteiger partial charge in [0.25, 0.3) is 0 Å². The molecule has 0 aromatic heterocycles. The summed E-state index contributed by atoms with van der Waals surface area (Å²) in [7, 11) is 0. The predicted molar refractivity (Wildman–Crippen MR) is 130 cm³/mol. The summed E-state index contributed by atoms with van der Waals surface area (Å²) in [5.74, 6) is -0.496. The second-order valence-corrected chi connectivity index (χ2v) is 8.30. The van der Waals surface area contributed by atoms with Crippen LogP contribution >= 0.6 is 0 Å². The Morgan fingerprint density at radius 3 is 2.47 bits per heavy atom. The molecule has 0 bridgehead atoms. The van der Waals surface area contributed by atoms with Crippen LogP contribution in [0.2, 0.25) is 0 Å². The molecule has 2 heterocycles. The molecule has 12 heteroatoms. The molecule has 6 N–H and O–H groups in total. The number of likely N-dealkylation sites (tertiary alicyclic amines) is 1. The van der Waals surface area contributed by atoms with Crippen LogP contribution in [0.15, 0.2) is 54.6 Å². The summed E-state index contributed by atoms with van der Waals surface area (Å²) in [5, 5.41) is 12.9. The summed E-state index contributed by atoms with van der Waals surface area (Å²) >= 11 is 0. The molecule has 0 radical (unpaired) electrons. The minimum atomic E-state index is -0.971. The summed E-state index contributed by atoms with van der Waals surface area (Å²) in [5.41, 5.74) is 8.07. The Bertz CT molecular complexity index is 1040.